The highest BCUT2D eigenvalue weighted by Crippen LogP contribution is 2.07. The number of amides is 4. The Morgan fingerprint density at radius 1 is 0.464 bits per heavy atom. The highest BCUT2D eigenvalue weighted by atomic mass is 16.6. The van der Waals surface area contributed by atoms with E-state index in [9.17, 15) is 29.1 Å². The smallest absolute Gasteiger partial charge is 0.407 e. The maximum Gasteiger partial charge on any atom is 0.407 e. The van der Waals surface area contributed by atoms with Crippen LogP contribution >= 0.6 is 0 Å². The number of carbonyl (C=O) groups is 5. The molecule has 0 bridgehead atoms. The van der Waals surface area contributed by atoms with Gasteiger partial charge < -0.3 is 73.7 Å². The molecule has 0 spiro atoms. The number of unbranched alkanes of at least 4 members (excludes halogenated alkanes) is 1. The molecular weight excluding hydrogens is 744 g/mol. The molecule has 5 N–H and O–H groups in total. The summed E-state index contributed by atoms with van der Waals surface area (Å²) in [6.45, 7) is 15.7. The van der Waals surface area contributed by atoms with E-state index in [1.54, 1.807) is 41.5 Å². The monoisotopic (exact) mass is 812 g/mol. The number of alkyl carbamates (subject to hydrolysis) is 2. The average Bonchev–Trinajstić information content (AvgIpc) is 3.09. The van der Waals surface area contributed by atoms with E-state index in [1.807, 2.05) is 0 Å². The van der Waals surface area contributed by atoms with Crippen molar-refractivity contribution < 1.29 is 76.4 Å². The summed E-state index contributed by atoms with van der Waals surface area (Å²) in [6.07, 6.45) is 0.172. The van der Waals surface area contributed by atoms with Gasteiger partial charge >= 0.3 is 18.2 Å². The molecule has 0 heterocycles. The molecule has 0 rings (SSSR count). The van der Waals surface area contributed by atoms with E-state index in [2.05, 4.69) is 21.3 Å². The molecule has 20 nitrogen and oxygen atoms in total. The maximum absolute atomic E-state index is 12.1. The lowest BCUT2D eigenvalue weighted by Gasteiger charge is -2.19. The van der Waals surface area contributed by atoms with Crippen LogP contribution in [0.1, 0.15) is 60.8 Å². The molecule has 0 saturated carbocycles. The maximum atomic E-state index is 12.1. The first-order valence-electron chi connectivity index (χ1n) is 18.9. The van der Waals surface area contributed by atoms with Gasteiger partial charge in [-0.2, -0.15) is 0 Å². The predicted molar refractivity (Wildman–Crippen MR) is 201 cm³/mol. The van der Waals surface area contributed by atoms with Gasteiger partial charge in [0, 0.05) is 19.6 Å². The van der Waals surface area contributed by atoms with Gasteiger partial charge in [0.15, 0.2) is 0 Å². The molecule has 328 valence electrons. The van der Waals surface area contributed by atoms with Gasteiger partial charge in [0.05, 0.1) is 92.5 Å². The van der Waals surface area contributed by atoms with Gasteiger partial charge in [-0.3, -0.25) is 9.59 Å². The Kier molecular flexibility index (Phi) is 31.7. The first kappa shape index (κ1) is 52.6. The normalized spacial score (nSPS) is 12.1. The van der Waals surface area contributed by atoms with Gasteiger partial charge in [-0.1, -0.05) is 0 Å². The van der Waals surface area contributed by atoms with Crippen LogP contribution < -0.4 is 21.3 Å². The van der Waals surface area contributed by atoms with Crippen LogP contribution in [0.5, 0.6) is 0 Å². The number of nitrogens with one attached hydrogen (secondary N) is 4. The molecule has 0 aliphatic rings. The minimum atomic E-state index is -1.16. The molecule has 0 aromatic carbocycles. The summed E-state index contributed by atoms with van der Waals surface area (Å²) in [4.78, 5) is 58.7. The standard InChI is InChI=1S/C36H68N4O16/c1-35(2,3)55-33(45)38-11-13-47-15-17-49-19-21-51-23-25-53-27-30(41)37-10-8-7-9-29(32(43)44)40-31(42)28-54-26-24-52-22-20-50-18-16-48-14-12-39-34(46)56-36(4,5)6/h29H,7-28H2,1-6H3,(H,37,41)(H,38,45)(H,39,46)(H,40,42)(H,43,44)/t29-/m1/s1. The first-order chi connectivity index (χ1) is 26.6. The zero-order valence-corrected chi connectivity index (χ0v) is 34.2. The highest BCUT2D eigenvalue weighted by molar-refractivity contribution is 5.84. The average molecular weight is 813 g/mol. The molecule has 0 aromatic rings. The second-order valence-electron chi connectivity index (χ2n) is 13.9. The van der Waals surface area contributed by atoms with Crippen LogP contribution in [-0.2, 0) is 61.8 Å². The van der Waals surface area contributed by atoms with Gasteiger partial charge in [-0.05, 0) is 60.8 Å². The Hall–Kier alpha value is -3.37. The minimum absolute atomic E-state index is 0.138. The molecule has 0 saturated heterocycles. The summed E-state index contributed by atoms with van der Waals surface area (Å²) in [5.41, 5.74) is -1.10. The number of hydrogen-bond acceptors (Lipinski definition) is 15. The summed E-state index contributed by atoms with van der Waals surface area (Å²) in [5.74, 6) is -2.03. The van der Waals surface area contributed by atoms with Crippen LogP contribution in [0, 0.1) is 0 Å². The van der Waals surface area contributed by atoms with E-state index >= 15 is 0 Å². The molecule has 4 amide bonds. The predicted octanol–water partition coefficient (Wildman–Crippen LogP) is 1.02. The van der Waals surface area contributed by atoms with Crippen molar-refractivity contribution in [3.63, 3.8) is 0 Å². The lowest BCUT2D eigenvalue weighted by Crippen LogP contribution is -2.42. The van der Waals surface area contributed by atoms with Crippen LogP contribution in [0.2, 0.25) is 0 Å². The number of aliphatic carboxylic acids is 1. The number of hydrogen-bond donors (Lipinski definition) is 5. The van der Waals surface area contributed by atoms with Crippen LogP contribution in [0.15, 0.2) is 0 Å². The van der Waals surface area contributed by atoms with Gasteiger partial charge in [0.1, 0.15) is 30.5 Å². The number of carboxylic acids is 1. The van der Waals surface area contributed by atoms with Crippen molar-refractivity contribution in [1.82, 2.24) is 21.3 Å². The molecule has 0 aliphatic heterocycles. The van der Waals surface area contributed by atoms with Crippen molar-refractivity contribution in [2.75, 3.05) is 125 Å². The third kappa shape index (κ3) is 38.9. The van der Waals surface area contributed by atoms with E-state index < -0.39 is 41.3 Å². The first-order valence-corrected chi connectivity index (χ1v) is 18.9. The van der Waals surface area contributed by atoms with Crippen molar-refractivity contribution in [1.29, 1.82) is 0 Å². The van der Waals surface area contributed by atoms with Crippen LogP contribution in [0.3, 0.4) is 0 Å². The molecule has 20 heteroatoms. The lowest BCUT2D eigenvalue weighted by molar-refractivity contribution is -0.142. The van der Waals surface area contributed by atoms with E-state index in [0.29, 0.717) is 105 Å². The molecule has 0 aliphatic carbocycles. The third-order valence-corrected chi connectivity index (χ3v) is 6.40. The molecule has 0 fully saturated rings. The van der Waals surface area contributed by atoms with E-state index in [-0.39, 0.29) is 45.4 Å². The largest absolute Gasteiger partial charge is 0.480 e. The quantitative estimate of drug-likeness (QED) is 0.0561. The molecule has 0 radical (unpaired) electrons. The molecule has 0 unspecified atom stereocenters. The van der Waals surface area contributed by atoms with Crippen LogP contribution in [-0.4, -0.2) is 178 Å². The van der Waals surface area contributed by atoms with Gasteiger partial charge in [0.2, 0.25) is 11.8 Å². The summed E-state index contributed by atoms with van der Waals surface area (Å²) in [7, 11) is 0. The zero-order valence-electron chi connectivity index (χ0n) is 34.2. The molecule has 0 aromatic heterocycles. The van der Waals surface area contributed by atoms with E-state index in [4.69, 9.17) is 47.4 Å². The highest BCUT2D eigenvalue weighted by Gasteiger charge is 2.20. The fraction of sp³-hybridized carbons (Fsp3) is 0.861. The van der Waals surface area contributed by atoms with Gasteiger partial charge in [-0.25, -0.2) is 14.4 Å². The van der Waals surface area contributed by atoms with Gasteiger partial charge in [0.25, 0.3) is 0 Å². The second kappa shape index (κ2) is 33.7. The number of carboxylic acid groups (broad SMARTS) is 1. The van der Waals surface area contributed by atoms with Crippen molar-refractivity contribution in [2.45, 2.75) is 78.0 Å². The van der Waals surface area contributed by atoms with Crippen molar-refractivity contribution in [2.24, 2.45) is 0 Å². The number of carbonyl (C=O) groups excluding carboxylic acids is 4. The Morgan fingerprint density at radius 3 is 1.20 bits per heavy atom. The molecule has 56 heavy (non-hydrogen) atoms. The molecule has 1 atom stereocenters. The summed E-state index contributed by atoms with van der Waals surface area (Å²) in [6, 6.07) is -1.08. The Labute approximate surface area is 330 Å². The minimum Gasteiger partial charge on any atom is -0.480 e. The summed E-state index contributed by atoms with van der Waals surface area (Å²) in [5, 5.41) is 19.8. The molecular formula is C36H68N4O16. The van der Waals surface area contributed by atoms with Crippen molar-refractivity contribution in [3.8, 4) is 0 Å². The summed E-state index contributed by atoms with van der Waals surface area (Å²) >= 11 is 0. The van der Waals surface area contributed by atoms with E-state index in [1.165, 1.54) is 0 Å². The van der Waals surface area contributed by atoms with E-state index in [0.717, 1.165) is 0 Å². The SMILES string of the molecule is CC(C)(C)OC(=O)NCCOCCOCCOCCOCC(=O)NCCCC[C@@H](NC(=O)COCCOCCOCCOCCNC(=O)OC(C)(C)C)C(=O)O. The van der Waals surface area contributed by atoms with Gasteiger partial charge in [-0.15, -0.1) is 0 Å². The fourth-order valence-corrected chi connectivity index (χ4v) is 3.97. The fourth-order valence-electron chi connectivity index (χ4n) is 3.97. The third-order valence-electron chi connectivity index (χ3n) is 6.40. The Balaban J connectivity index is 3.61. The zero-order chi connectivity index (χ0) is 41.9. The summed E-state index contributed by atoms with van der Waals surface area (Å²) < 4.78 is 53.1. The van der Waals surface area contributed by atoms with Crippen LogP contribution in [0.25, 0.3) is 0 Å². The number of rotatable bonds is 35. The van der Waals surface area contributed by atoms with Crippen molar-refractivity contribution in [3.05, 3.63) is 0 Å². The Bertz CT molecular complexity index is 1060. The number of ether oxygens (including phenoxy) is 10. The Morgan fingerprint density at radius 2 is 0.821 bits per heavy atom. The second-order valence-corrected chi connectivity index (χ2v) is 13.9. The lowest BCUT2D eigenvalue weighted by atomic mass is 10.1. The topological polar surface area (TPSA) is 246 Å². The van der Waals surface area contributed by atoms with Crippen LogP contribution in [0.4, 0.5) is 9.59 Å². The van der Waals surface area contributed by atoms with Crippen molar-refractivity contribution >= 4 is 30.0 Å².